The minimum Gasteiger partial charge on any atom is -0.438 e. The van der Waals surface area contributed by atoms with Gasteiger partial charge in [-0.05, 0) is 24.7 Å². The lowest BCUT2D eigenvalue weighted by Crippen LogP contribution is -2.22. The summed E-state index contributed by atoms with van der Waals surface area (Å²) in [7, 11) is 0. The molecule has 0 saturated heterocycles. The molecule has 3 nitrogen and oxygen atoms in total. The first kappa shape index (κ1) is 13.5. The van der Waals surface area contributed by atoms with Crippen LogP contribution in [0.15, 0.2) is 0 Å². The van der Waals surface area contributed by atoms with E-state index in [1.54, 1.807) is 0 Å². The van der Waals surface area contributed by atoms with Crippen molar-refractivity contribution in [2.75, 3.05) is 13.4 Å². The minimum absolute atomic E-state index is 0.0225. The summed E-state index contributed by atoms with van der Waals surface area (Å²) >= 11 is 0. The van der Waals surface area contributed by atoms with Crippen LogP contribution >= 0.6 is 0 Å². The minimum atomic E-state index is -0.154. The van der Waals surface area contributed by atoms with Gasteiger partial charge in [-0.25, -0.2) is 0 Å². The van der Waals surface area contributed by atoms with E-state index in [0.29, 0.717) is 12.0 Å². The van der Waals surface area contributed by atoms with E-state index in [1.807, 2.05) is 13.8 Å². The molecule has 3 heteroatoms. The quantitative estimate of drug-likeness (QED) is 0.398. The first-order valence-corrected chi connectivity index (χ1v) is 6.32. The molecule has 94 valence electrons. The van der Waals surface area contributed by atoms with Gasteiger partial charge in [-0.15, -0.1) is 0 Å². The molecule has 1 rings (SSSR count). The predicted molar refractivity (Wildman–Crippen MR) is 62.9 cm³/mol. The Morgan fingerprint density at radius 2 is 2.00 bits per heavy atom. The number of carbonyl (C=O) groups is 1. The van der Waals surface area contributed by atoms with Gasteiger partial charge in [0.15, 0.2) is 6.79 Å². The third-order valence-corrected chi connectivity index (χ3v) is 3.56. The van der Waals surface area contributed by atoms with Crippen LogP contribution in [0.3, 0.4) is 0 Å². The molecule has 0 bridgehead atoms. The number of hydrogen-bond donors (Lipinski definition) is 0. The summed E-state index contributed by atoms with van der Waals surface area (Å²) < 4.78 is 10.5. The van der Waals surface area contributed by atoms with Crippen molar-refractivity contribution in [3.8, 4) is 0 Å². The Morgan fingerprint density at radius 1 is 1.38 bits per heavy atom. The van der Waals surface area contributed by atoms with Crippen molar-refractivity contribution in [2.45, 2.75) is 52.9 Å². The summed E-state index contributed by atoms with van der Waals surface area (Å²) in [4.78, 5) is 11.3. The largest absolute Gasteiger partial charge is 0.438 e. The van der Waals surface area contributed by atoms with Gasteiger partial charge in [0.05, 0.1) is 12.5 Å². The van der Waals surface area contributed by atoms with E-state index in [-0.39, 0.29) is 18.7 Å². The summed E-state index contributed by atoms with van der Waals surface area (Å²) in [6.45, 7) is 6.92. The molecule has 1 saturated carbocycles. The highest BCUT2D eigenvalue weighted by atomic mass is 16.7. The fraction of sp³-hybridized carbons (Fsp3) is 0.923. The monoisotopic (exact) mass is 228 g/mol. The van der Waals surface area contributed by atoms with Crippen molar-refractivity contribution in [1.82, 2.24) is 0 Å². The van der Waals surface area contributed by atoms with E-state index in [1.165, 1.54) is 25.7 Å². The normalized spacial score (nSPS) is 20.7. The molecular formula is C13H24O3. The Hall–Kier alpha value is -0.570. The summed E-state index contributed by atoms with van der Waals surface area (Å²) in [6.07, 6.45) is 5.87. The Bertz CT molecular complexity index is 219. The van der Waals surface area contributed by atoms with Gasteiger partial charge in [0.1, 0.15) is 0 Å². The molecule has 0 aromatic heterocycles. The summed E-state index contributed by atoms with van der Waals surface area (Å²) in [5, 5.41) is 0. The summed E-state index contributed by atoms with van der Waals surface area (Å²) in [5.74, 6) is -0.176. The highest BCUT2D eigenvalue weighted by Crippen LogP contribution is 2.37. The fourth-order valence-corrected chi connectivity index (χ4v) is 2.07. The van der Waals surface area contributed by atoms with Gasteiger partial charge in [-0.1, -0.05) is 33.6 Å². The van der Waals surface area contributed by atoms with E-state index < -0.39 is 0 Å². The average molecular weight is 228 g/mol. The van der Waals surface area contributed by atoms with Gasteiger partial charge in [-0.2, -0.15) is 0 Å². The lowest BCUT2D eigenvalue weighted by atomic mass is 9.90. The van der Waals surface area contributed by atoms with Crippen LogP contribution in [-0.4, -0.2) is 19.4 Å². The number of carbonyl (C=O) groups excluding carboxylic acids is 1. The molecule has 1 aliphatic rings. The number of ether oxygens (including phenoxy) is 2. The topological polar surface area (TPSA) is 35.5 Å². The fourth-order valence-electron chi connectivity index (χ4n) is 2.07. The lowest BCUT2D eigenvalue weighted by molar-refractivity contribution is -0.163. The molecule has 1 fully saturated rings. The molecule has 0 heterocycles. The lowest BCUT2D eigenvalue weighted by Gasteiger charge is -2.22. The molecule has 0 aromatic carbocycles. The summed E-state index contributed by atoms with van der Waals surface area (Å²) in [5.41, 5.74) is 0.308. The zero-order chi connectivity index (χ0) is 12.0. The third-order valence-electron chi connectivity index (χ3n) is 3.56. The van der Waals surface area contributed by atoms with Crippen LogP contribution in [0.4, 0.5) is 0 Å². The van der Waals surface area contributed by atoms with Crippen LogP contribution in [0.5, 0.6) is 0 Å². The Balaban J connectivity index is 2.09. The molecule has 16 heavy (non-hydrogen) atoms. The Morgan fingerprint density at radius 3 is 2.56 bits per heavy atom. The molecule has 1 aliphatic carbocycles. The number of rotatable bonds is 6. The maximum Gasteiger partial charge on any atom is 0.310 e. The summed E-state index contributed by atoms with van der Waals surface area (Å²) in [6, 6.07) is 0. The van der Waals surface area contributed by atoms with Crippen molar-refractivity contribution in [1.29, 1.82) is 0 Å². The van der Waals surface area contributed by atoms with Crippen molar-refractivity contribution in [3.05, 3.63) is 0 Å². The molecular weight excluding hydrogens is 204 g/mol. The van der Waals surface area contributed by atoms with Gasteiger partial charge < -0.3 is 9.47 Å². The Labute approximate surface area is 98.5 Å². The predicted octanol–water partition coefficient (Wildman–Crippen LogP) is 3.13. The van der Waals surface area contributed by atoms with Crippen LogP contribution in [0, 0.1) is 11.3 Å². The first-order valence-electron chi connectivity index (χ1n) is 6.32. The van der Waals surface area contributed by atoms with Gasteiger partial charge >= 0.3 is 5.97 Å². The zero-order valence-electron chi connectivity index (χ0n) is 10.8. The van der Waals surface area contributed by atoms with Crippen molar-refractivity contribution < 1.29 is 14.3 Å². The van der Waals surface area contributed by atoms with Crippen LogP contribution < -0.4 is 0 Å². The van der Waals surface area contributed by atoms with Crippen LogP contribution in [0.25, 0.3) is 0 Å². The van der Waals surface area contributed by atoms with Gasteiger partial charge in [0, 0.05) is 0 Å². The standard InChI is InChI=1S/C13H24O3/c1-4-11(2)12(14)16-10-15-9-13(3)7-5-6-8-13/h11H,4-10H2,1-3H3. The smallest absolute Gasteiger partial charge is 0.310 e. The zero-order valence-corrected chi connectivity index (χ0v) is 10.8. The molecule has 0 aromatic rings. The maximum atomic E-state index is 11.3. The number of esters is 1. The maximum absolute atomic E-state index is 11.3. The van der Waals surface area contributed by atoms with E-state index >= 15 is 0 Å². The SMILES string of the molecule is CCC(C)C(=O)OCOCC1(C)CCCC1. The highest BCUT2D eigenvalue weighted by molar-refractivity contribution is 5.71. The second kappa shape index (κ2) is 6.24. The molecule has 0 aliphatic heterocycles. The Kier molecular flexibility index (Phi) is 5.26. The van der Waals surface area contributed by atoms with Gasteiger partial charge in [0.25, 0.3) is 0 Å². The second-order valence-electron chi connectivity index (χ2n) is 5.26. The van der Waals surface area contributed by atoms with Crippen LogP contribution in [0.1, 0.15) is 52.9 Å². The third kappa shape index (κ3) is 4.12. The molecule has 1 atom stereocenters. The number of hydrogen-bond acceptors (Lipinski definition) is 3. The average Bonchev–Trinajstić information content (AvgIpc) is 2.70. The van der Waals surface area contributed by atoms with E-state index in [0.717, 1.165) is 6.42 Å². The van der Waals surface area contributed by atoms with Gasteiger partial charge in [-0.3, -0.25) is 4.79 Å². The molecule has 1 unspecified atom stereocenters. The molecule has 0 N–H and O–H groups in total. The second-order valence-corrected chi connectivity index (χ2v) is 5.26. The first-order chi connectivity index (χ1) is 7.57. The van der Waals surface area contributed by atoms with Crippen molar-refractivity contribution in [2.24, 2.45) is 11.3 Å². The van der Waals surface area contributed by atoms with Crippen LogP contribution in [-0.2, 0) is 14.3 Å². The highest BCUT2D eigenvalue weighted by Gasteiger charge is 2.28. The van der Waals surface area contributed by atoms with Crippen molar-refractivity contribution >= 4 is 5.97 Å². The van der Waals surface area contributed by atoms with Crippen LogP contribution in [0.2, 0.25) is 0 Å². The van der Waals surface area contributed by atoms with Crippen molar-refractivity contribution in [3.63, 3.8) is 0 Å². The van der Waals surface area contributed by atoms with Gasteiger partial charge in [0.2, 0.25) is 0 Å². The molecule has 0 amide bonds. The van der Waals surface area contributed by atoms with E-state index in [2.05, 4.69) is 6.92 Å². The molecule has 0 radical (unpaired) electrons. The van der Waals surface area contributed by atoms with E-state index in [4.69, 9.17) is 9.47 Å². The van der Waals surface area contributed by atoms with E-state index in [9.17, 15) is 4.79 Å². The molecule has 0 spiro atoms.